The number of amides is 1. The van der Waals surface area contributed by atoms with Crippen LogP contribution >= 0.6 is 0 Å². The first-order chi connectivity index (χ1) is 12.8. The standard InChI is InChI=1S/C20H31N3O3S/c1-14-10-15(2)20(16(3)11-14)27(25,26)22-7-4-19(24)23-8-5-17-12-21-13-18(17)6-9-23/h10-11,17-18,21-22H,4-9,12-13H2,1-3H3/t17-,18+. The maximum atomic E-state index is 12.7. The Balaban J connectivity index is 1.55. The van der Waals surface area contributed by atoms with Gasteiger partial charge in [0.1, 0.15) is 0 Å². The molecule has 2 atom stereocenters. The second-order valence-corrected chi connectivity index (χ2v) is 9.72. The molecule has 2 aliphatic heterocycles. The van der Waals surface area contributed by atoms with Gasteiger partial charge in [0.2, 0.25) is 15.9 Å². The summed E-state index contributed by atoms with van der Waals surface area (Å²) in [6.07, 6.45) is 2.28. The van der Waals surface area contributed by atoms with E-state index in [0.29, 0.717) is 16.7 Å². The van der Waals surface area contributed by atoms with E-state index in [-0.39, 0.29) is 18.9 Å². The Morgan fingerprint density at radius 1 is 1.11 bits per heavy atom. The normalized spacial score (nSPS) is 23.1. The van der Waals surface area contributed by atoms with Crippen molar-refractivity contribution < 1.29 is 13.2 Å². The zero-order valence-corrected chi connectivity index (χ0v) is 17.4. The highest BCUT2D eigenvalue weighted by atomic mass is 32.2. The molecule has 0 spiro atoms. The predicted molar refractivity (Wildman–Crippen MR) is 106 cm³/mol. The number of carbonyl (C=O) groups is 1. The van der Waals surface area contributed by atoms with E-state index >= 15 is 0 Å². The molecular weight excluding hydrogens is 362 g/mol. The molecule has 2 fully saturated rings. The molecule has 0 aliphatic carbocycles. The van der Waals surface area contributed by atoms with Gasteiger partial charge in [0.25, 0.3) is 0 Å². The van der Waals surface area contributed by atoms with Gasteiger partial charge in [-0.3, -0.25) is 4.79 Å². The average Bonchev–Trinajstić information content (AvgIpc) is 2.91. The zero-order chi connectivity index (χ0) is 19.6. The molecule has 0 aromatic heterocycles. The summed E-state index contributed by atoms with van der Waals surface area (Å²) in [7, 11) is -3.61. The fourth-order valence-corrected chi connectivity index (χ4v) is 6.06. The van der Waals surface area contributed by atoms with Crippen LogP contribution in [0.2, 0.25) is 0 Å². The Hall–Kier alpha value is -1.44. The lowest BCUT2D eigenvalue weighted by Crippen LogP contribution is -2.36. The lowest BCUT2D eigenvalue weighted by molar-refractivity contribution is -0.131. The average molecular weight is 394 g/mol. The van der Waals surface area contributed by atoms with Gasteiger partial charge in [-0.15, -0.1) is 0 Å². The highest BCUT2D eigenvalue weighted by molar-refractivity contribution is 7.89. The fraction of sp³-hybridized carbons (Fsp3) is 0.650. The molecule has 27 heavy (non-hydrogen) atoms. The van der Waals surface area contributed by atoms with Crippen molar-refractivity contribution in [3.63, 3.8) is 0 Å². The molecule has 0 radical (unpaired) electrons. The first-order valence-electron chi connectivity index (χ1n) is 9.84. The number of nitrogens with one attached hydrogen (secondary N) is 2. The van der Waals surface area contributed by atoms with E-state index in [2.05, 4.69) is 10.0 Å². The van der Waals surface area contributed by atoms with E-state index in [4.69, 9.17) is 0 Å². The van der Waals surface area contributed by atoms with E-state index in [9.17, 15) is 13.2 Å². The van der Waals surface area contributed by atoms with Crippen LogP contribution in [0.5, 0.6) is 0 Å². The van der Waals surface area contributed by atoms with Crippen molar-refractivity contribution in [3.8, 4) is 0 Å². The zero-order valence-electron chi connectivity index (χ0n) is 16.5. The number of benzene rings is 1. The van der Waals surface area contributed by atoms with Crippen LogP contribution < -0.4 is 10.0 Å². The number of hydrogen-bond donors (Lipinski definition) is 2. The highest BCUT2D eigenvalue weighted by Gasteiger charge is 2.31. The summed E-state index contributed by atoms with van der Waals surface area (Å²) < 4.78 is 28.0. The Morgan fingerprint density at radius 3 is 2.22 bits per heavy atom. The number of aryl methyl sites for hydroxylation is 3. The number of carbonyl (C=O) groups excluding carboxylic acids is 1. The molecule has 1 amide bonds. The van der Waals surface area contributed by atoms with Gasteiger partial charge in [0.15, 0.2) is 0 Å². The summed E-state index contributed by atoms with van der Waals surface area (Å²) in [5, 5.41) is 3.43. The summed E-state index contributed by atoms with van der Waals surface area (Å²) >= 11 is 0. The molecule has 2 aliphatic rings. The second-order valence-electron chi connectivity index (χ2n) is 8.01. The number of hydrogen-bond acceptors (Lipinski definition) is 4. The van der Waals surface area contributed by atoms with Crippen molar-refractivity contribution in [3.05, 3.63) is 28.8 Å². The van der Waals surface area contributed by atoms with Crippen LogP contribution in [0.25, 0.3) is 0 Å². The van der Waals surface area contributed by atoms with Crippen LogP contribution in [0.4, 0.5) is 0 Å². The lowest BCUT2D eigenvalue weighted by atomic mass is 9.92. The maximum absolute atomic E-state index is 12.7. The third-order valence-electron chi connectivity index (χ3n) is 5.88. The Bertz CT molecular complexity index is 770. The first kappa shape index (κ1) is 20.3. The van der Waals surface area contributed by atoms with Gasteiger partial charge >= 0.3 is 0 Å². The van der Waals surface area contributed by atoms with Gasteiger partial charge in [0.05, 0.1) is 4.90 Å². The maximum Gasteiger partial charge on any atom is 0.241 e. The smallest absolute Gasteiger partial charge is 0.241 e. The fourth-order valence-electron chi connectivity index (χ4n) is 4.58. The number of sulfonamides is 1. The van der Waals surface area contributed by atoms with Gasteiger partial charge in [0, 0.05) is 26.1 Å². The molecule has 1 aromatic rings. The Kier molecular flexibility index (Phi) is 6.23. The summed E-state index contributed by atoms with van der Waals surface area (Å²) in [6, 6.07) is 3.74. The van der Waals surface area contributed by atoms with Gasteiger partial charge in [-0.25, -0.2) is 13.1 Å². The van der Waals surface area contributed by atoms with Crippen LogP contribution in [-0.2, 0) is 14.8 Å². The molecule has 2 saturated heterocycles. The van der Waals surface area contributed by atoms with Crippen molar-refractivity contribution >= 4 is 15.9 Å². The van der Waals surface area contributed by atoms with Crippen molar-refractivity contribution in [1.82, 2.24) is 14.9 Å². The third kappa shape index (κ3) is 4.70. The molecule has 2 N–H and O–H groups in total. The molecule has 7 heteroatoms. The minimum absolute atomic E-state index is 0.0444. The van der Waals surface area contributed by atoms with Gasteiger partial charge in [-0.1, -0.05) is 17.7 Å². The number of fused-ring (bicyclic) bond motifs is 1. The molecule has 3 rings (SSSR count). The lowest BCUT2D eigenvalue weighted by Gasteiger charge is -2.21. The first-order valence-corrected chi connectivity index (χ1v) is 11.3. The summed E-state index contributed by atoms with van der Waals surface area (Å²) in [6.45, 7) is 9.39. The topological polar surface area (TPSA) is 78.5 Å². The van der Waals surface area contributed by atoms with Gasteiger partial charge in [-0.2, -0.15) is 0 Å². The van der Waals surface area contributed by atoms with Crippen LogP contribution in [0.15, 0.2) is 17.0 Å². The molecule has 2 heterocycles. The van der Waals surface area contributed by atoms with Crippen LogP contribution in [0.3, 0.4) is 0 Å². The SMILES string of the molecule is Cc1cc(C)c(S(=O)(=O)NCCC(=O)N2CC[C@@H]3CNC[C@@H]3CC2)c(C)c1. The molecule has 150 valence electrons. The minimum Gasteiger partial charge on any atom is -0.343 e. The van der Waals surface area contributed by atoms with E-state index in [1.807, 2.05) is 37.8 Å². The van der Waals surface area contributed by atoms with Crippen LogP contribution in [-0.4, -0.2) is 51.9 Å². The number of nitrogens with zero attached hydrogens (tertiary/aromatic N) is 1. The van der Waals surface area contributed by atoms with Crippen molar-refractivity contribution in [2.24, 2.45) is 11.8 Å². The molecule has 0 unspecified atom stereocenters. The molecular formula is C20H31N3O3S. The quantitative estimate of drug-likeness (QED) is 0.799. The molecule has 6 nitrogen and oxygen atoms in total. The largest absolute Gasteiger partial charge is 0.343 e. The van der Waals surface area contributed by atoms with Crippen molar-refractivity contribution in [1.29, 1.82) is 0 Å². The molecule has 0 bridgehead atoms. The number of rotatable bonds is 5. The van der Waals surface area contributed by atoms with E-state index in [1.165, 1.54) is 0 Å². The van der Waals surface area contributed by atoms with E-state index in [1.54, 1.807) is 0 Å². The molecule has 1 aromatic carbocycles. The van der Waals surface area contributed by atoms with Crippen LogP contribution in [0.1, 0.15) is 36.0 Å². The van der Waals surface area contributed by atoms with Crippen LogP contribution in [0, 0.1) is 32.6 Å². The van der Waals surface area contributed by atoms with E-state index < -0.39 is 10.0 Å². The second kappa shape index (κ2) is 8.29. The molecule has 0 saturated carbocycles. The predicted octanol–water partition coefficient (Wildman–Crippen LogP) is 1.74. The monoisotopic (exact) mass is 393 g/mol. The van der Waals surface area contributed by atoms with Crippen molar-refractivity contribution in [2.75, 3.05) is 32.7 Å². The van der Waals surface area contributed by atoms with Gasteiger partial charge < -0.3 is 10.2 Å². The third-order valence-corrected chi connectivity index (χ3v) is 7.64. The summed E-state index contributed by atoms with van der Waals surface area (Å²) in [5.41, 5.74) is 2.51. The number of likely N-dealkylation sites (tertiary alicyclic amines) is 1. The Morgan fingerprint density at radius 2 is 1.67 bits per heavy atom. The summed E-state index contributed by atoms with van der Waals surface area (Å²) in [4.78, 5) is 14.8. The van der Waals surface area contributed by atoms with E-state index in [0.717, 1.165) is 55.7 Å². The Labute approximate surface area is 162 Å². The van der Waals surface area contributed by atoms with Gasteiger partial charge in [-0.05, 0) is 69.7 Å². The van der Waals surface area contributed by atoms with Crippen molar-refractivity contribution in [2.45, 2.75) is 44.9 Å². The highest BCUT2D eigenvalue weighted by Crippen LogP contribution is 2.27. The minimum atomic E-state index is -3.61. The summed E-state index contributed by atoms with van der Waals surface area (Å²) in [5.74, 6) is 1.39.